The molecule has 3 aromatic carbocycles. The summed E-state index contributed by atoms with van der Waals surface area (Å²) in [4.78, 5) is 16.5. The molecular weight excluding hydrogens is 418 g/mol. The molecule has 0 spiro atoms. The number of hydrogen-bond acceptors (Lipinski definition) is 5. The van der Waals surface area contributed by atoms with Gasteiger partial charge in [-0.1, -0.05) is 24.3 Å². The van der Waals surface area contributed by atoms with Crippen LogP contribution in [0, 0.1) is 0 Å². The van der Waals surface area contributed by atoms with E-state index in [0.717, 1.165) is 17.0 Å². The minimum atomic E-state index is -0.289. The largest absolute Gasteiger partial charge is 0.504 e. The van der Waals surface area contributed by atoms with E-state index < -0.39 is 0 Å². The topological polar surface area (TPSA) is 85.6 Å². The first kappa shape index (κ1) is 21.7. The number of phenolic OH excluding ortho intramolecular Hbond substituents is 1. The van der Waals surface area contributed by atoms with E-state index in [4.69, 9.17) is 9.47 Å². The van der Waals surface area contributed by atoms with Crippen LogP contribution in [0.3, 0.4) is 0 Å². The number of phenols is 1. The molecule has 0 aliphatic carbocycles. The van der Waals surface area contributed by atoms with Gasteiger partial charge in [-0.15, -0.1) is 0 Å². The number of nitrogens with one attached hydrogen (secondary N) is 1. The van der Waals surface area contributed by atoms with Gasteiger partial charge in [-0.3, -0.25) is 4.79 Å². The maximum absolute atomic E-state index is 12.4. The number of aromatic hydroxyl groups is 1. The highest BCUT2D eigenvalue weighted by Gasteiger charge is 2.07. The van der Waals surface area contributed by atoms with E-state index in [1.165, 1.54) is 19.3 Å². The quantitative estimate of drug-likeness (QED) is 0.383. The Kier molecular flexibility index (Phi) is 6.70. The van der Waals surface area contributed by atoms with E-state index in [0.29, 0.717) is 23.6 Å². The Hall–Kier alpha value is -4.52. The second kappa shape index (κ2) is 10.2. The van der Waals surface area contributed by atoms with Gasteiger partial charge in [0.2, 0.25) is 5.91 Å². The Morgan fingerprint density at radius 1 is 1.12 bits per heavy atom. The Bertz CT molecular complexity index is 1250. The molecule has 7 nitrogen and oxygen atoms in total. The summed E-state index contributed by atoms with van der Waals surface area (Å²) >= 11 is 0. The van der Waals surface area contributed by atoms with Gasteiger partial charge in [0.15, 0.2) is 11.5 Å². The third-order valence-corrected chi connectivity index (χ3v) is 4.94. The first-order chi connectivity index (χ1) is 16.1. The summed E-state index contributed by atoms with van der Waals surface area (Å²) in [5.41, 5.74) is 3.18. The highest BCUT2D eigenvalue weighted by Crippen LogP contribution is 2.26. The number of para-hydroxylation sites is 1. The van der Waals surface area contributed by atoms with Crippen LogP contribution in [0.1, 0.15) is 11.1 Å². The average Bonchev–Trinajstić information content (AvgIpc) is 3.38. The smallest absolute Gasteiger partial charge is 0.248 e. The number of hydrogen-bond donors (Lipinski definition) is 2. The maximum Gasteiger partial charge on any atom is 0.248 e. The van der Waals surface area contributed by atoms with Crippen LogP contribution in [0.15, 0.2) is 91.5 Å². The molecule has 166 valence electrons. The fourth-order valence-electron chi connectivity index (χ4n) is 3.21. The van der Waals surface area contributed by atoms with Gasteiger partial charge in [-0.2, -0.15) is 0 Å². The molecule has 0 atom stereocenters. The Morgan fingerprint density at radius 3 is 2.67 bits per heavy atom. The van der Waals surface area contributed by atoms with E-state index in [-0.39, 0.29) is 11.7 Å². The molecular formula is C26H23N3O4. The normalized spacial score (nSPS) is 10.8. The zero-order valence-corrected chi connectivity index (χ0v) is 18.0. The molecule has 0 fully saturated rings. The fourth-order valence-corrected chi connectivity index (χ4v) is 3.21. The lowest BCUT2D eigenvalue weighted by Crippen LogP contribution is -2.10. The van der Waals surface area contributed by atoms with Gasteiger partial charge in [-0.25, -0.2) is 4.98 Å². The summed E-state index contributed by atoms with van der Waals surface area (Å²) in [5, 5.41) is 12.7. The molecule has 1 amide bonds. The monoisotopic (exact) mass is 441 g/mol. The molecule has 4 aromatic rings. The third-order valence-electron chi connectivity index (χ3n) is 4.94. The van der Waals surface area contributed by atoms with Gasteiger partial charge in [0.05, 0.1) is 13.4 Å². The number of carbonyl (C=O) groups is 1. The number of amides is 1. The Morgan fingerprint density at radius 2 is 1.94 bits per heavy atom. The zero-order chi connectivity index (χ0) is 23.0. The lowest BCUT2D eigenvalue weighted by Gasteiger charge is -2.12. The summed E-state index contributed by atoms with van der Waals surface area (Å²) in [6.45, 7) is 0.303. The highest BCUT2D eigenvalue weighted by molar-refractivity contribution is 6.02. The lowest BCUT2D eigenvalue weighted by molar-refractivity contribution is -0.111. The first-order valence-electron chi connectivity index (χ1n) is 10.3. The van der Waals surface area contributed by atoms with Crippen LogP contribution in [-0.4, -0.2) is 27.7 Å². The van der Waals surface area contributed by atoms with Gasteiger partial charge in [0.25, 0.3) is 0 Å². The average molecular weight is 441 g/mol. The molecule has 2 N–H and O–H groups in total. The van der Waals surface area contributed by atoms with E-state index in [9.17, 15) is 9.90 Å². The molecule has 0 radical (unpaired) electrons. The van der Waals surface area contributed by atoms with Crippen LogP contribution >= 0.6 is 0 Å². The van der Waals surface area contributed by atoms with Gasteiger partial charge in [0, 0.05) is 35.4 Å². The highest BCUT2D eigenvalue weighted by atomic mass is 16.5. The van der Waals surface area contributed by atoms with Crippen molar-refractivity contribution in [2.75, 3.05) is 12.4 Å². The summed E-state index contributed by atoms with van der Waals surface area (Å²) in [7, 11) is 1.48. The number of nitrogens with zero attached hydrogens (tertiary/aromatic N) is 2. The van der Waals surface area contributed by atoms with E-state index in [2.05, 4.69) is 10.3 Å². The van der Waals surface area contributed by atoms with Crippen LogP contribution < -0.4 is 14.8 Å². The van der Waals surface area contributed by atoms with Crippen molar-refractivity contribution in [3.05, 3.63) is 103 Å². The molecule has 0 saturated carbocycles. The molecule has 7 heteroatoms. The Labute approximate surface area is 191 Å². The van der Waals surface area contributed by atoms with Crippen LogP contribution in [-0.2, 0) is 11.4 Å². The number of imidazole rings is 1. The number of benzene rings is 3. The van der Waals surface area contributed by atoms with E-state index >= 15 is 0 Å². The number of rotatable bonds is 8. The second-order valence-electron chi connectivity index (χ2n) is 7.16. The predicted octanol–water partition coefficient (Wildman–Crippen LogP) is 4.82. The molecule has 1 heterocycles. The molecule has 33 heavy (non-hydrogen) atoms. The standard InChI is InChI=1S/C26H23N3O4/c1-32-25-12-6-19(16-24(25)30)7-13-26(31)28-23-5-3-2-4-20(23)17-33-22-10-8-21(9-11-22)29-15-14-27-18-29/h2-16,18,30H,17H2,1H3,(H,28,31)/b13-7+. The van der Waals surface area contributed by atoms with Gasteiger partial charge < -0.3 is 24.5 Å². The summed E-state index contributed by atoms with van der Waals surface area (Å²) in [5.74, 6) is 0.823. The Balaban J connectivity index is 1.38. The number of ether oxygens (including phenoxy) is 2. The van der Waals surface area contributed by atoms with Crippen molar-refractivity contribution >= 4 is 17.7 Å². The summed E-state index contributed by atoms with van der Waals surface area (Å²) in [6, 6.07) is 20.1. The van der Waals surface area contributed by atoms with Crippen LogP contribution in [0.2, 0.25) is 0 Å². The first-order valence-corrected chi connectivity index (χ1v) is 10.3. The van der Waals surface area contributed by atoms with Crippen LogP contribution in [0.4, 0.5) is 5.69 Å². The van der Waals surface area contributed by atoms with Crippen LogP contribution in [0.25, 0.3) is 11.8 Å². The lowest BCUT2D eigenvalue weighted by atomic mass is 10.1. The molecule has 0 aliphatic heterocycles. The molecule has 1 aromatic heterocycles. The molecule has 0 aliphatic rings. The summed E-state index contributed by atoms with van der Waals surface area (Å²) in [6.07, 6.45) is 8.37. The number of anilines is 1. The minimum Gasteiger partial charge on any atom is -0.504 e. The van der Waals surface area contributed by atoms with E-state index in [1.54, 1.807) is 30.7 Å². The minimum absolute atomic E-state index is 0.0145. The third kappa shape index (κ3) is 5.59. The SMILES string of the molecule is COc1ccc(/C=C/C(=O)Nc2ccccc2COc2ccc(-n3ccnc3)cc2)cc1O. The van der Waals surface area contributed by atoms with Crippen molar-refractivity contribution < 1.29 is 19.4 Å². The van der Waals surface area contributed by atoms with Gasteiger partial charge in [-0.05, 0) is 54.1 Å². The molecule has 0 bridgehead atoms. The summed E-state index contributed by atoms with van der Waals surface area (Å²) < 4.78 is 12.9. The number of carbonyl (C=O) groups excluding carboxylic acids is 1. The van der Waals surface area contributed by atoms with Crippen LogP contribution in [0.5, 0.6) is 17.2 Å². The number of aromatic nitrogens is 2. The molecule has 0 saturated heterocycles. The van der Waals surface area contributed by atoms with Gasteiger partial charge >= 0.3 is 0 Å². The van der Waals surface area contributed by atoms with Crippen molar-refractivity contribution in [1.29, 1.82) is 0 Å². The van der Waals surface area contributed by atoms with Crippen molar-refractivity contribution in [3.63, 3.8) is 0 Å². The van der Waals surface area contributed by atoms with Crippen molar-refractivity contribution in [2.24, 2.45) is 0 Å². The fraction of sp³-hybridized carbons (Fsp3) is 0.0769. The number of methoxy groups -OCH3 is 1. The van der Waals surface area contributed by atoms with Crippen molar-refractivity contribution in [1.82, 2.24) is 9.55 Å². The van der Waals surface area contributed by atoms with Gasteiger partial charge in [0.1, 0.15) is 12.4 Å². The molecule has 4 rings (SSSR count). The second-order valence-corrected chi connectivity index (χ2v) is 7.16. The van der Waals surface area contributed by atoms with E-state index in [1.807, 2.05) is 59.3 Å². The maximum atomic E-state index is 12.4. The zero-order valence-electron chi connectivity index (χ0n) is 18.0. The predicted molar refractivity (Wildman–Crippen MR) is 127 cm³/mol. The molecule has 0 unspecified atom stereocenters. The van der Waals surface area contributed by atoms with Crippen molar-refractivity contribution in [2.45, 2.75) is 6.61 Å². The van der Waals surface area contributed by atoms with Crippen molar-refractivity contribution in [3.8, 4) is 22.9 Å².